The van der Waals surface area contributed by atoms with E-state index in [1.54, 1.807) is 16.4 Å². The van der Waals surface area contributed by atoms with Gasteiger partial charge in [0.25, 0.3) is 0 Å². The number of piperazine rings is 1. The summed E-state index contributed by atoms with van der Waals surface area (Å²) < 4.78 is 16.2. The van der Waals surface area contributed by atoms with E-state index in [-0.39, 0.29) is 24.2 Å². The first kappa shape index (κ1) is 17.7. The lowest BCUT2D eigenvalue weighted by molar-refractivity contribution is 0.0694. The maximum absolute atomic E-state index is 14.6. The highest BCUT2D eigenvalue weighted by Crippen LogP contribution is 2.26. The van der Waals surface area contributed by atoms with E-state index in [9.17, 15) is 23.9 Å². The molecule has 0 saturated carbocycles. The van der Waals surface area contributed by atoms with Gasteiger partial charge in [0, 0.05) is 44.3 Å². The second-order valence-corrected chi connectivity index (χ2v) is 6.04. The molecular formula is C17H18FN3O5. The van der Waals surface area contributed by atoms with Crippen molar-refractivity contribution in [3.05, 3.63) is 39.9 Å². The average molecular weight is 363 g/mol. The third kappa shape index (κ3) is 2.96. The number of hydrogen-bond donors (Lipinski definition) is 2. The molecule has 3 rings (SSSR count). The molecule has 0 aliphatic carbocycles. The van der Waals surface area contributed by atoms with E-state index in [2.05, 4.69) is 0 Å². The van der Waals surface area contributed by atoms with E-state index in [1.807, 2.05) is 0 Å². The Kier molecular flexibility index (Phi) is 4.54. The molecule has 8 nitrogen and oxygen atoms in total. The summed E-state index contributed by atoms with van der Waals surface area (Å²) in [4.78, 5) is 37.6. The zero-order chi connectivity index (χ0) is 19.0. The number of nitrogens with zero attached hydrogens (tertiary/aromatic N) is 3. The first-order valence-electron chi connectivity index (χ1n) is 8.16. The molecule has 1 fully saturated rings. The molecule has 0 bridgehead atoms. The molecule has 2 heterocycles. The number of carboxylic acids is 1. The number of carbonyl (C=O) groups is 2. The summed E-state index contributed by atoms with van der Waals surface area (Å²) in [5, 5.41) is 18.2. The van der Waals surface area contributed by atoms with Crippen LogP contribution in [0.3, 0.4) is 0 Å². The van der Waals surface area contributed by atoms with E-state index >= 15 is 0 Å². The van der Waals surface area contributed by atoms with Gasteiger partial charge in [0.2, 0.25) is 5.43 Å². The normalized spacial score (nSPS) is 14.7. The van der Waals surface area contributed by atoms with Crippen molar-refractivity contribution in [3.63, 3.8) is 0 Å². The Bertz CT molecular complexity index is 948. The molecule has 9 heteroatoms. The van der Waals surface area contributed by atoms with Crippen molar-refractivity contribution in [2.75, 3.05) is 31.1 Å². The fourth-order valence-electron chi connectivity index (χ4n) is 3.19. The maximum Gasteiger partial charge on any atom is 0.407 e. The van der Waals surface area contributed by atoms with E-state index in [4.69, 9.17) is 5.11 Å². The summed E-state index contributed by atoms with van der Waals surface area (Å²) in [7, 11) is 0. The van der Waals surface area contributed by atoms with Crippen molar-refractivity contribution >= 4 is 28.7 Å². The van der Waals surface area contributed by atoms with Gasteiger partial charge < -0.3 is 24.6 Å². The van der Waals surface area contributed by atoms with E-state index in [1.165, 1.54) is 17.2 Å². The first-order valence-corrected chi connectivity index (χ1v) is 8.16. The van der Waals surface area contributed by atoms with Gasteiger partial charge in [-0.05, 0) is 19.1 Å². The molecular weight excluding hydrogens is 345 g/mol. The Hall–Kier alpha value is -3.10. The summed E-state index contributed by atoms with van der Waals surface area (Å²) in [6.07, 6.45) is 0.251. The summed E-state index contributed by atoms with van der Waals surface area (Å²) in [6.45, 7) is 3.38. The zero-order valence-corrected chi connectivity index (χ0v) is 14.1. The Morgan fingerprint density at radius 2 is 1.81 bits per heavy atom. The number of aromatic nitrogens is 1. The number of carboxylic acid groups (broad SMARTS) is 2. The highest BCUT2D eigenvalue weighted by atomic mass is 19.1. The molecule has 1 aromatic carbocycles. The molecule has 1 aliphatic rings. The van der Waals surface area contributed by atoms with Gasteiger partial charge in [-0.25, -0.2) is 14.0 Å². The quantitative estimate of drug-likeness (QED) is 0.860. The van der Waals surface area contributed by atoms with Gasteiger partial charge in [0.15, 0.2) is 0 Å². The van der Waals surface area contributed by atoms with Gasteiger partial charge in [0.05, 0.1) is 11.2 Å². The Labute approximate surface area is 147 Å². The van der Waals surface area contributed by atoms with Crippen LogP contribution in [0.5, 0.6) is 0 Å². The molecule has 1 amide bonds. The van der Waals surface area contributed by atoms with Gasteiger partial charge in [-0.1, -0.05) is 0 Å². The fourth-order valence-corrected chi connectivity index (χ4v) is 3.19. The number of anilines is 1. The molecule has 0 spiro atoms. The molecule has 1 aliphatic heterocycles. The third-order valence-corrected chi connectivity index (χ3v) is 4.61. The van der Waals surface area contributed by atoms with Gasteiger partial charge in [-0.2, -0.15) is 0 Å². The Balaban J connectivity index is 2.08. The minimum Gasteiger partial charge on any atom is -0.477 e. The number of aromatic carboxylic acids is 1. The van der Waals surface area contributed by atoms with Crippen LogP contribution in [0.1, 0.15) is 17.3 Å². The van der Waals surface area contributed by atoms with Crippen LogP contribution in [-0.4, -0.2) is 57.9 Å². The lowest BCUT2D eigenvalue weighted by Crippen LogP contribution is -2.48. The summed E-state index contributed by atoms with van der Waals surface area (Å²) in [5.41, 5.74) is -0.410. The molecule has 2 aromatic rings. The topological polar surface area (TPSA) is 103 Å². The van der Waals surface area contributed by atoms with Crippen LogP contribution in [0.4, 0.5) is 14.9 Å². The second-order valence-electron chi connectivity index (χ2n) is 6.04. The number of pyridine rings is 1. The summed E-state index contributed by atoms with van der Waals surface area (Å²) in [6, 6.07) is 2.59. The van der Waals surface area contributed by atoms with Gasteiger partial charge in [-0.3, -0.25) is 4.79 Å². The standard InChI is InChI=1S/C17H18FN3O5/c1-2-19-9-11(16(23)24)15(22)10-7-12(18)14(8-13(10)19)20-3-5-21(6-4-20)17(25)26/h7-9H,2-6H2,1H3,(H,23,24)(H,25,26). The van der Waals surface area contributed by atoms with Crippen molar-refractivity contribution in [1.29, 1.82) is 0 Å². The molecule has 26 heavy (non-hydrogen) atoms. The zero-order valence-electron chi connectivity index (χ0n) is 14.1. The minimum atomic E-state index is -1.35. The number of benzene rings is 1. The van der Waals surface area contributed by atoms with Crippen molar-refractivity contribution in [1.82, 2.24) is 9.47 Å². The molecule has 0 unspecified atom stereocenters. The molecule has 0 radical (unpaired) electrons. The number of hydrogen-bond acceptors (Lipinski definition) is 4. The van der Waals surface area contributed by atoms with E-state index in [0.29, 0.717) is 25.2 Å². The number of aryl methyl sites for hydroxylation is 1. The molecule has 0 atom stereocenters. The predicted molar refractivity (Wildman–Crippen MR) is 92.6 cm³/mol. The van der Waals surface area contributed by atoms with Gasteiger partial charge >= 0.3 is 12.1 Å². The summed E-state index contributed by atoms with van der Waals surface area (Å²) in [5.74, 6) is -1.99. The fraction of sp³-hybridized carbons (Fsp3) is 0.353. The van der Waals surface area contributed by atoms with E-state index in [0.717, 1.165) is 6.07 Å². The van der Waals surface area contributed by atoms with Crippen molar-refractivity contribution < 1.29 is 24.2 Å². The lowest BCUT2D eigenvalue weighted by Gasteiger charge is -2.35. The smallest absolute Gasteiger partial charge is 0.407 e. The second kappa shape index (κ2) is 6.66. The van der Waals surface area contributed by atoms with Gasteiger partial charge in [-0.15, -0.1) is 0 Å². The first-order chi connectivity index (χ1) is 12.3. The predicted octanol–water partition coefficient (Wildman–Crippen LogP) is 1.66. The van der Waals surface area contributed by atoms with Gasteiger partial charge in [0.1, 0.15) is 11.4 Å². The molecule has 138 valence electrons. The van der Waals surface area contributed by atoms with Crippen LogP contribution < -0.4 is 10.3 Å². The highest BCUT2D eigenvalue weighted by Gasteiger charge is 2.24. The average Bonchev–Trinajstić information content (AvgIpc) is 2.62. The molecule has 1 saturated heterocycles. The Morgan fingerprint density at radius 1 is 1.15 bits per heavy atom. The monoisotopic (exact) mass is 363 g/mol. The minimum absolute atomic E-state index is 0.0113. The number of fused-ring (bicyclic) bond motifs is 1. The largest absolute Gasteiger partial charge is 0.477 e. The van der Waals surface area contributed by atoms with Crippen molar-refractivity contribution in [3.8, 4) is 0 Å². The van der Waals surface area contributed by atoms with Crippen LogP contribution in [0.25, 0.3) is 10.9 Å². The number of halogens is 1. The van der Waals surface area contributed by atoms with Crippen LogP contribution in [-0.2, 0) is 6.54 Å². The van der Waals surface area contributed by atoms with E-state index < -0.39 is 28.9 Å². The van der Waals surface area contributed by atoms with Crippen LogP contribution in [0, 0.1) is 5.82 Å². The Morgan fingerprint density at radius 3 is 2.35 bits per heavy atom. The van der Waals surface area contributed by atoms with Crippen molar-refractivity contribution in [2.45, 2.75) is 13.5 Å². The maximum atomic E-state index is 14.6. The highest BCUT2D eigenvalue weighted by molar-refractivity contribution is 5.93. The SMILES string of the molecule is CCn1cc(C(=O)O)c(=O)c2cc(F)c(N3CCN(C(=O)O)CC3)cc21. The molecule has 1 aromatic heterocycles. The summed E-state index contributed by atoms with van der Waals surface area (Å²) >= 11 is 0. The van der Waals surface area contributed by atoms with Crippen molar-refractivity contribution in [2.24, 2.45) is 0 Å². The van der Waals surface area contributed by atoms with Crippen LogP contribution in [0.15, 0.2) is 23.1 Å². The third-order valence-electron chi connectivity index (χ3n) is 4.61. The lowest BCUT2D eigenvalue weighted by atomic mass is 10.1. The van der Waals surface area contributed by atoms with Crippen LogP contribution >= 0.6 is 0 Å². The van der Waals surface area contributed by atoms with Crippen LogP contribution in [0.2, 0.25) is 0 Å². The molecule has 2 N–H and O–H groups in total. The number of rotatable bonds is 3. The number of amides is 1.